The van der Waals surface area contributed by atoms with Crippen molar-refractivity contribution in [3.63, 3.8) is 0 Å². The van der Waals surface area contributed by atoms with Crippen molar-refractivity contribution in [2.75, 3.05) is 26.1 Å². The lowest BCUT2D eigenvalue weighted by Crippen LogP contribution is -2.35. The number of pyridine rings is 1. The number of thioether (sulfide) groups is 1. The number of amides is 2. The van der Waals surface area contributed by atoms with Crippen LogP contribution in [0.3, 0.4) is 0 Å². The number of benzene rings is 2. The van der Waals surface area contributed by atoms with Gasteiger partial charge in [0, 0.05) is 42.4 Å². The zero-order valence-electron chi connectivity index (χ0n) is 19.8. The maximum atomic E-state index is 13.4. The van der Waals surface area contributed by atoms with Gasteiger partial charge in [0.25, 0.3) is 0 Å². The van der Waals surface area contributed by atoms with Crippen molar-refractivity contribution < 1.29 is 19.1 Å². The van der Waals surface area contributed by atoms with Crippen LogP contribution in [0.5, 0.6) is 11.5 Å². The number of hydrogen-bond acceptors (Lipinski definition) is 7. The van der Waals surface area contributed by atoms with Gasteiger partial charge in [-0.15, -0.1) is 0 Å². The third-order valence-corrected chi connectivity index (χ3v) is 6.87. The Labute approximate surface area is 218 Å². The molecular formula is C26H25ClN4O4S. The first kappa shape index (κ1) is 25.5. The number of aliphatic imine (C=N–C) groups is 1. The zero-order chi connectivity index (χ0) is 25.5. The molecular weight excluding hydrogens is 500 g/mol. The van der Waals surface area contributed by atoms with Crippen molar-refractivity contribution in [3.05, 3.63) is 77.6 Å². The Morgan fingerprint density at radius 3 is 2.64 bits per heavy atom. The number of nitrogens with zero attached hydrogens (tertiary/aromatic N) is 3. The topological polar surface area (TPSA) is 93.1 Å². The lowest BCUT2D eigenvalue weighted by atomic mass is 10.2. The normalized spacial score (nSPS) is 16.3. The maximum Gasteiger partial charge on any atom is 0.242 e. The molecule has 1 saturated heterocycles. The number of halogens is 1. The van der Waals surface area contributed by atoms with E-state index in [-0.39, 0.29) is 18.2 Å². The summed E-state index contributed by atoms with van der Waals surface area (Å²) in [6.07, 6.45) is 2.26. The van der Waals surface area contributed by atoms with Crippen molar-refractivity contribution in [3.8, 4) is 11.5 Å². The second-order valence-electron chi connectivity index (χ2n) is 7.86. The predicted molar refractivity (Wildman–Crippen MR) is 142 cm³/mol. The number of methoxy groups -OCH3 is 2. The second kappa shape index (κ2) is 11.9. The fourth-order valence-electron chi connectivity index (χ4n) is 3.61. The Hall–Kier alpha value is -3.56. The predicted octanol–water partition coefficient (Wildman–Crippen LogP) is 4.96. The maximum absolute atomic E-state index is 13.4. The third kappa shape index (κ3) is 6.35. The van der Waals surface area contributed by atoms with Gasteiger partial charge in [-0.1, -0.05) is 29.4 Å². The molecule has 0 radical (unpaired) electrons. The molecule has 0 spiro atoms. The number of aromatic nitrogens is 1. The Morgan fingerprint density at radius 2 is 1.94 bits per heavy atom. The summed E-state index contributed by atoms with van der Waals surface area (Å²) in [5.41, 5.74) is 2.01. The van der Waals surface area contributed by atoms with Crippen LogP contribution in [0.25, 0.3) is 0 Å². The van der Waals surface area contributed by atoms with Crippen LogP contribution in [-0.4, -0.2) is 52.9 Å². The van der Waals surface area contributed by atoms with Crippen LogP contribution in [0, 0.1) is 0 Å². The van der Waals surface area contributed by atoms with Crippen molar-refractivity contribution >= 4 is 51.7 Å². The van der Waals surface area contributed by atoms with Crippen LogP contribution < -0.4 is 14.8 Å². The minimum absolute atomic E-state index is 0.0242. The van der Waals surface area contributed by atoms with Crippen LogP contribution >= 0.6 is 23.4 Å². The summed E-state index contributed by atoms with van der Waals surface area (Å²) in [4.78, 5) is 36.9. The highest BCUT2D eigenvalue weighted by molar-refractivity contribution is 8.15. The molecule has 1 atom stereocenters. The Kier molecular flexibility index (Phi) is 8.45. The molecule has 1 aromatic heterocycles. The average molecular weight is 525 g/mol. The lowest BCUT2D eigenvalue weighted by molar-refractivity contribution is -0.128. The van der Waals surface area contributed by atoms with Crippen molar-refractivity contribution in [2.45, 2.75) is 18.1 Å². The highest BCUT2D eigenvalue weighted by Crippen LogP contribution is 2.33. The molecule has 1 fully saturated rings. The van der Waals surface area contributed by atoms with Crippen LogP contribution in [0.4, 0.5) is 11.4 Å². The van der Waals surface area contributed by atoms with Gasteiger partial charge in [0.1, 0.15) is 16.7 Å². The molecule has 3 aromatic rings. The van der Waals surface area contributed by atoms with Crippen LogP contribution in [-0.2, 0) is 16.0 Å². The summed E-state index contributed by atoms with van der Waals surface area (Å²) in [5, 5.41) is 3.36. The largest absolute Gasteiger partial charge is 0.497 e. The summed E-state index contributed by atoms with van der Waals surface area (Å²) in [7, 11) is 3.06. The van der Waals surface area contributed by atoms with E-state index in [4.69, 9.17) is 21.1 Å². The molecule has 1 aliphatic rings. The molecule has 8 nitrogen and oxygen atoms in total. The summed E-state index contributed by atoms with van der Waals surface area (Å²) >= 11 is 7.27. The molecule has 0 bridgehead atoms. The first-order valence-corrected chi connectivity index (χ1v) is 12.5. The lowest BCUT2D eigenvalue weighted by Gasteiger charge is -2.16. The van der Waals surface area contributed by atoms with E-state index < -0.39 is 5.25 Å². The van der Waals surface area contributed by atoms with Gasteiger partial charge in [-0.05, 0) is 48.5 Å². The van der Waals surface area contributed by atoms with E-state index >= 15 is 0 Å². The van der Waals surface area contributed by atoms with E-state index in [2.05, 4.69) is 15.3 Å². The number of anilines is 1. The van der Waals surface area contributed by atoms with E-state index in [0.29, 0.717) is 46.0 Å². The summed E-state index contributed by atoms with van der Waals surface area (Å²) < 4.78 is 10.6. The van der Waals surface area contributed by atoms with Crippen LogP contribution in [0.2, 0.25) is 5.02 Å². The zero-order valence-corrected chi connectivity index (χ0v) is 21.4. The van der Waals surface area contributed by atoms with Crippen molar-refractivity contribution in [1.82, 2.24) is 9.88 Å². The molecule has 0 saturated carbocycles. The summed E-state index contributed by atoms with van der Waals surface area (Å²) in [6.45, 7) is 0.400. The highest BCUT2D eigenvalue weighted by Gasteiger charge is 2.39. The molecule has 36 heavy (non-hydrogen) atoms. The molecule has 1 aliphatic heterocycles. The quantitative estimate of drug-likeness (QED) is 0.425. The molecule has 2 amide bonds. The Bertz CT molecular complexity index is 1250. The smallest absolute Gasteiger partial charge is 0.242 e. The van der Waals surface area contributed by atoms with Gasteiger partial charge in [0.2, 0.25) is 11.8 Å². The van der Waals surface area contributed by atoms with Crippen molar-refractivity contribution in [2.24, 2.45) is 4.99 Å². The van der Waals surface area contributed by atoms with Gasteiger partial charge < -0.3 is 14.8 Å². The van der Waals surface area contributed by atoms with E-state index in [1.807, 2.05) is 18.2 Å². The SMILES string of the molecule is COc1ccc(OC)c(NC(=O)C[C@H]2SC(=Nc3ccc(Cl)cc3)N(CCc3ccccn3)C2=O)c1. The number of ether oxygens (including phenoxy) is 2. The molecule has 0 unspecified atom stereocenters. The number of nitrogens with one attached hydrogen (secondary N) is 1. The Balaban J connectivity index is 1.51. The van der Waals surface area contributed by atoms with Crippen LogP contribution in [0.1, 0.15) is 12.1 Å². The van der Waals surface area contributed by atoms with Gasteiger partial charge in [-0.2, -0.15) is 0 Å². The fourth-order valence-corrected chi connectivity index (χ4v) is 4.92. The monoisotopic (exact) mass is 524 g/mol. The molecule has 186 valence electrons. The number of carbonyl (C=O) groups excluding carboxylic acids is 2. The number of amidine groups is 1. The second-order valence-corrected chi connectivity index (χ2v) is 9.46. The van der Waals surface area contributed by atoms with Gasteiger partial charge in [0.15, 0.2) is 5.17 Å². The van der Waals surface area contributed by atoms with Gasteiger partial charge in [0.05, 0.1) is 25.6 Å². The summed E-state index contributed by atoms with van der Waals surface area (Å²) in [5.74, 6) is 0.591. The van der Waals surface area contributed by atoms with E-state index in [0.717, 1.165) is 5.69 Å². The fraction of sp³-hybridized carbons (Fsp3) is 0.231. The average Bonchev–Trinajstić information content (AvgIpc) is 3.17. The Morgan fingerprint density at radius 1 is 1.14 bits per heavy atom. The first-order valence-electron chi connectivity index (χ1n) is 11.2. The van der Waals surface area contributed by atoms with Crippen LogP contribution in [0.15, 0.2) is 71.9 Å². The molecule has 4 rings (SSSR count). The van der Waals surface area contributed by atoms with Gasteiger partial charge >= 0.3 is 0 Å². The summed E-state index contributed by atoms with van der Waals surface area (Å²) in [6, 6.07) is 17.8. The van der Waals surface area contributed by atoms with Crippen molar-refractivity contribution in [1.29, 1.82) is 0 Å². The van der Waals surface area contributed by atoms with E-state index in [1.54, 1.807) is 60.7 Å². The molecule has 1 N–H and O–H groups in total. The highest BCUT2D eigenvalue weighted by atomic mass is 35.5. The first-order chi connectivity index (χ1) is 17.5. The minimum atomic E-state index is -0.614. The van der Waals surface area contributed by atoms with E-state index in [1.165, 1.54) is 18.9 Å². The third-order valence-electron chi connectivity index (χ3n) is 5.44. The van der Waals surface area contributed by atoms with Gasteiger partial charge in [-0.25, -0.2) is 4.99 Å². The number of rotatable bonds is 9. The standard InChI is InChI=1S/C26H25ClN4O4S/c1-34-20-10-11-22(35-2)21(15-20)30-24(32)16-23-25(33)31(14-12-18-5-3-4-13-28-18)26(36-23)29-19-8-6-17(27)7-9-19/h3-11,13,15,23H,12,14,16H2,1-2H3,(H,30,32)/t23-/m1/s1. The van der Waals surface area contributed by atoms with Gasteiger partial charge in [-0.3, -0.25) is 19.5 Å². The molecule has 2 heterocycles. The minimum Gasteiger partial charge on any atom is -0.497 e. The van der Waals surface area contributed by atoms with E-state index in [9.17, 15) is 9.59 Å². The number of carbonyl (C=O) groups is 2. The molecule has 0 aliphatic carbocycles. The molecule has 10 heteroatoms. The number of hydrogen-bond donors (Lipinski definition) is 1. The molecule has 2 aromatic carbocycles.